The second kappa shape index (κ2) is 7.02. The first-order valence-corrected chi connectivity index (χ1v) is 10.5. The van der Waals surface area contributed by atoms with Crippen molar-refractivity contribution in [3.8, 4) is 5.75 Å². The zero-order chi connectivity index (χ0) is 21.1. The van der Waals surface area contributed by atoms with Crippen LogP contribution in [0.25, 0.3) is 5.65 Å². The lowest BCUT2D eigenvalue weighted by Gasteiger charge is -2.20. The Labute approximate surface area is 181 Å². The Morgan fingerprint density at radius 3 is 2.40 bits per heavy atom. The summed E-state index contributed by atoms with van der Waals surface area (Å²) in [5.41, 5.74) is -0.608. The van der Waals surface area contributed by atoms with E-state index in [-0.39, 0.29) is 23.4 Å². The molecule has 2 aliphatic carbocycles. The quantitative estimate of drug-likeness (QED) is 0.449. The minimum Gasteiger partial charge on any atom is -0.492 e. The van der Waals surface area contributed by atoms with E-state index in [1.165, 1.54) is 10.5 Å². The third-order valence-electron chi connectivity index (χ3n) is 5.90. The number of hydrogen-bond acceptors (Lipinski definition) is 3. The molecule has 2 fully saturated rings. The Kier molecular flexibility index (Phi) is 4.67. The van der Waals surface area contributed by atoms with Gasteiger partial charge in [0.05, 0.1) is 6.61 Å². The van der Waals surface area contributed by atoms with Gasteiger partial charge in [0.25, 0.3) is 0 Å². The molecule has 0 amide bonds. The Morgan fingerprint density at radius 1 is 1.10 bits per heavy atom. The van der Waals surface area contributed by atoms with Gasteiger partial charge in [-0.3, -0.25) is 4.40 Å². The van der Waals surface area contributed by atoms with Crippen molar-refractivity contribution in [2.24, 2.45) is 5.92 Å². The van der Waals surface area contributed by atoms with Crippen molar-refractivity contribution in [3.63, 3.8) is 0 Å². The highest BCUT2D eigenvalue weighted by molar-refractivity contribution is 6.34. The monoisotopic (exact) mass is 455 g/mol. The lowest BCUT2D eigenvalue weighted by Crippen LogP contribution is -2.20. The molecule has 2 saturated carbocycles. The van der Waals surface area contributed by atoms with Crippen LogP contribution in [0.1, 0.15) is 42.6 Å². The van der Waals surface area contributed by atoms with E-state index in [1.807, 2.05) is 0 Å². The highest BCUT2D eigenvalue weighted by atomic mass is 35.5. The van der Waals surface area contributed by atoms with Gasteiger partial charge in [-0.25, -0.2) is 0 Å². The Bertz CT molecular complexity index is 1100. The van der Waals surface area contributed by atoms with Crippen molar-refractivity contribution in [2.45, 2.75) is 43.7 Å². The fourth-order valence-electron chi connectivity index (χ4n) is 3.84. The fraction of sp³-hybridized carbons (Fsp3) is 0.429. The highest BCUT2D eigenvalue weighted by Gasteiger charge is 2.46. The van der Waals surface area contributed by atoms with Crippen molar-refractivity contribution in [1.82, 2.24) is 14.6 Å². The smallest absolute Gasteiger partial charge is 0.423 e. The topological polar surface area (TPSA) is 39.4 Å². The van der Waals surface area contributed by atoms with Crippen LogP contribution in [-0.2, 0) is 18.0 Å². The molecule has 4 nitrogen and oxygen atoms in total. The average molecular weight is 456 g/mol. The zero-order valence-corrected chi connectivity index (χ0v) is 17.4. The summed E-state index contributed by atoms with van der Waals surface area (Å²) < 4.78 is 49.0. The maximum Gasteiger partial charge on any atom is 0.423 e. The van der Waals surface area contributed by atoms with E-state index in [0.29, 0.717) is 28.2 Å². The van der Waals surface area contributed by atoms with Crippen LogP contribution in [0.5, 0.6) is 5.75 Å². The molecule has 1 aromatic carbocycles. The van der Waals surface area contributed by atoms with Crippen LogP contribution < -0.4 is 4.74 Å². The lowest BCUT2D eigenvalue weighted by molar-refractivity contribution is -0.138. The van der Waals surface area contributed by atoms with Gasteiger partial charge < -0.3 is 4.74 Å². The molecule has 0 unspecified atom stereocenters. The normalized spacial score (nSPS) is 18.0. The molecule has 5 rings (SSSR count). The van der Waals surface area contributed by atoms with Crippen molar-refractivity contribution < 1.29 is 17.9 Å². The number of halogens is 5. The van der Waals surface area contributed by atoms with Gasteiger partial charge >= 0.3 is 6.18 Å². The van der Waals surface area contributed by atoms with Crippen molar-refractivity contribution >= 4 is 28.8 Å². The minimum absolute atomic E-state index is 0.103. The highest BCUT2D eigenvalue weighted by Crippen LogP contribution is 2.50. The molecule has 2 aliphatic rings. The van der Waals surface area contributed by atoms with Gasteiger partial charge in [0.15, 0.2) is 5.65 Å². The number of aromatic nitrogens is 3. The summed E-state index contributed by atoms with van der Waals surface area (Å²) in [5, 5.41) is 8.84. The molecule has 0 N–H and O–H groups in total. The van der Waals surface area contributed by atoms with Crippen LogP contribution in [0, 0.1) is 5.92 Å². The van der Waals surface area contributed by atoms with Crippen LogP contribution in [0.3, 0.4) is 0 Å². The Hall–Kier alpha value is -1.99. The van der Waals surface area contributed by atoms with E-state index >= 15 is 0 Å². The minimum atomic E-state index is -4.61. The number of alkyl halides is 3. The number of nitrogens with zero attached hydrogens (tertiary/aromatic N) is 3. The van der Waals surface area contributed by atoms with Gasteiger partial charge in [0, 0.05) is 28.1 Å². The van der Waals surface area contributed by atoms with Gasteiger partial charge in [-0.15, -0.1) is 10.2 Å². The first-order valence-electron chi connectivity index (χ1n) is 9.78. The van der Waals surface area contributed by atoms with Gasteiger partial charge in [-0.05, 0) is 61.4 Å². The molecule has 30 heavy (non-hydrogen) atoms. The van der Waals surface area contributed by atoms with E-state index in [1.54, 1.807) is 24.4 Å². The molecule has 9 heteroatoms. The number of pyridine rings is 1. The van der Waals surface area contributed by atoms with Crippen LogP contribution in [0.4, 0.5) is 13.2 Å². The molecule has 2 aromatic heterocycles. The molecular weight excluding hydrogens is 438 g/mol. The second-order valence-corrected chi connectivity index (χ2v) is 9.11. The summed E-state index contributed by atoms with van der Waals surface area (Å²) in [5.74, 6) is 0.804. The van der Waals surface area contributed by atoms with Crippen molar-refractivity contribution in [1.29, 1.82) is 0 Å². The SMILES string of the molecule is FC(F)(F)c1c(OCC2(c3cc(Cl)cc(Cl)c3)CC2)ccn2c(CC3CC3)nnc12. The predicted octanol–water partition coefficient (Wildman–Crippen LogP) is 6.12. The molecule has 0 spiro atoms. The largest absolute Gasteiger partial charge is 0.492 e. The average Bonchev–Trinajstić information content (AvgIpc) is 3.58. The summed E-state index contributed by atoms with van der Waals surface area (Å²) >= 11 is 12.2. The van der Waals surface area contributed by atoms with Gasteiger partial charge in [0.1, 0.15) is 17.1 Å². The number of fused-ring (bicyclic) bond motifs is 1. The number of hydrogen-bond donors (Lipinski definition) is 0. The number of benzene rings is 1. The molecule has 0 saturated heterocycles. The summed E-state index contributed by atoms with van der Waals surface area (Å²) in [6.07, 6.45) is 1.34. The third kappa shape index (κ3) is 3.73. The summed E-state index contributed by atoms with van der Waals surface area (Å²) in [4.78, 5) is 0. The first-order chi connectivity index (χ1) is 14.2. The van der Waals surface area contributed by atoms with Crippen molar-refractivity contribution in [3.05, 3.63) is 57.5 Å². The Morgan fingerprint density at radius 2 is 1.80 bits per heavy atom. The van der Waals surface area contributed by atoms with Gasteiger partial charge in [-0.1, -0.05) is 23.2 Å². The molecule has 0 bridgehead atoms. The predicted molar refractivity (Wildman–Crippen MR) is 107 cm³/mol. The molecule has 158 valence electrons. The summed E-state index contributed by atoms with van der Waals surface area (Å²) in [7, 11) is 0. The van der Waals surface area contributed by atoms with Crippen LogP contribution >= 0.6 is 23.2 Å². The summed E-state index contributed by atoms with van der Waals surface area (Å²) in [6.45, 7) is 0.103. The second-order valence-electron chi connectivity index (χ2n) is 8.24. The standard InChI is InChI=1S/C21H18Cl2F3N3O/c22-14-8-13(9-15(23)10-14)20(4-5-20)11-30-16-3-6-29-17(7-12-1-2-12)27-28-19(29)18(16)21(24,25)26/h3,6,8-10,12H,1-2,4-5,7,11H2. The van der Waals surface area contributed by atoms with Gasteiger partial charge in [-0.2, -0.15) is 13.2 Å². The molecular formula is C21H18Cl2F3N3O. The van der Waals surface area contributed by atoms with E-state index in [9.17, 15) is 13.2 Å². The van der Waals surface area contributed by atoms with Crippen LogP contribution in [-0.4, -0.2) is 21.2 Å². The molecule has 2 heterocycles. The Balaban J connectivity index is 1.46. The maximum atomic E-state index is 13.9. The van der Waals surface area contributed by atoms with Crippen molar-refractivity contribution in [2.75, 3.05) is 6.61 Å². The van der Waals surface area contributed by atoms with Crippen LogP contribution in [0.2, 0.25) is 10.0 Å². The zero-order valence-electron chi connectivity index (χ0n) is 15.8. The van der Waals surface area contributed by atoms with E-state index in [2.05, 4.69) is 10.2 Å². The fourth-order valence-corrected chi connectivity index (χ4v) is 4.36. The maximum absolute atomic E-state index is 13.9. The van der Waals surface area contributed by atoms with Gasteiger partial charge in [0.2, 0.25) is 0 Å². The van der Waals surface area contributed by atoms with E-state index in [4.69, 9.17) is 27.9 Å². The molecule has 0 radical (unpaired) electrons. The lowest BCUT2D eigenvalue weighted by atomic mass is 9.97. The molecule has 0 atom stereocenters. The van der Waals surface area contributed by atoms with E-state index < -0.39 is 11.7 Å². The molecule has 0 aliphatic heterocycles. The molecule has 3 aromatic rings. The third-order valence-corrected chi connectivity index (χ3v) is 6.33. The first kappa shape index (κ1) is 19.9. The number of rotatable bonds is 6. The van der Waals surface area contributed by atoms with Crippen LogP contribution in [0.15, 0.2) is 30.5 Å². The summed E-state index contributed by atoms with van der Waals surface area (Å²) in [6, 6.07) is 6.57. The number of ether oxygens (including phenoxy) is 1. The van der Waals surface area contributed by atoms with E-state index in [0.717, 1.165) is 31.2 Å².